The van der Waals surface area contributed by atoms with Crippen LogP contribution >= 0.6 is 0 Å². The summed E-state index contributed by atoms with van der Waals surface area (Å²) >= 11 is 0. The molecule has 0 aliphatic rings. The van der Waals surface area contributed by atoms with Gasteiger partial charge in [-0.3, -0.25) is 15.1 Å². The third-order valence-electron chi connectivity index (χ3n) is 4.26. The van der Waals surface area contributed by atoms with Crippen LogP contribution in [0.4, 0.5) is 11.6 Å². The number of nitrogens with two attached hydrogens (primary N) is 1. The minimum atomic E-state index is -0.392. The molecule has 0 saturated carbocycles. The van der Waals surface area contributed by atoms with E-state index in [-0.39, 0.29) is 11.6 Å². The number of nitrogens with zero attached hydrogens (tertiary/aromatic N) is 6. The maximum atomic E-state index is 11.0. The van der Waals surface area contributed by atoms with Gasteiger partial charge in [0.05, 0.1) is 28.7 Å². The number of pyridine rings is 1. The van der Waals surface area contributed by atoms with Gasteiger partial charge in [-0.2, -0.15) is 10.1 Å². The summed E-state index contributed by atoms with van der Waals surface area (Å²) in [6, 6.07) is 8.69. The Balaban J connectivity index is 1.77. The zero-order valence-electron chi connectivity index (χ0n) is 14.4. The van der Waals surface area contributed by atoms with Crippen LogP contribution in [0.25, 0.3) is 22.3 Å². The lowest BCUT2D eigenvalue weighted by molar-refractivity contribution is -0.385. The summed E-state index contributed by atoms with van der Waals surface area (Å²) in [5.74, 6) is 0.149. The first kappa shape index (κ1) is 16.6. The van der Waals surface area contributed by atoms with Crippen molar-refractivity contribution in [2.24, 2.45) is 0 Å². The van der Waals surface area contributed by atoms with Crippen LogP contribution in [-0.2, 0) is 6.54 Å². The largest absolute Gasteiger partial charge is 0.368 e. The van der Waals surface area contributed by atoms with Gasteiger partial charge in [0, 0.05) is 29.6 Å². The van der Waals surface area contributed by atoms with Crippen molar-refractivity contribution in [3.8, 4) is 11.3 Å². The lowest BCUT2D eigenvalue weighted by atomic mass is 10.1. The standard InChI is InChI=1S/C18H15N7O2/c1-11-8-12(2-3-15(11)25(26)27)10-24-17-14(9-21-24)16(22-18(19)23-17)13-4-6-20-7-5-13/h2-9H,10H2,1H3,(H2,19,22,23). The number of nitrogen functional groups attached to an aromatic ring is 1. The second-order valence-corrected chi connectivity index (χ2v) is 6.08. The number of hydrogen-bond donors (Lipinski definition) is 1. The van der Waals surface area contributed by atoms with Crippen LogP contribution in [-0.4, -0.2) is 29.7 Å². The number of nitro benzene ring substituents is 1. The fourth-order valence-electron chi connectivity index (χ4n) is 3.01. The van der Waals surface area contributed by atoms with Gasteiger partial charge in [0.2, 0.25) is 5.95 Å². The number of hydrogen-bond acceptors (Lipinski definition) is 7. The Kier molecular flexibility index (Phi) is 3.96. The number of fused-ring (bicyclic) bond motifs is 1. The number of anilines is 1. The second kappa shape index (κ2) is 6.45. The second-order valence-electron chi connectivity index (χ2n) is 6.08. The lowest BCUT2D eigenvalue weighted by Crippen LogP contribution is -2.05. The van der Waals surface area contributed by atoms with Gasteiger partial charge < -0.3 is 5.73 Å². The molecule has 0 unspecified atom stereocenters. The van der Waals surface area contributed by atoms with Crippen LogP contribution in [0.15, 0.2) is 48.9 Å². The molecule has 4 rings (SSSR count). The number of benzene rings is 1. The smallest absolute Gasteiger partial charge is 0.272 e. The van der Waals surface area contributed by atoms with Gasteiger partial charge in [-0.25, -0.2) is 9.67 Å². The van der Waals surface area contributed by atoms with Crippen molar-refractivity contribution < 1.29 is 4.92 Å². The van der Waals surface area contributed by atoms with Gasteiger partial charge in [0.25, 0.3) is 5.69 Å². The van der Waals surface area contributed by atoms with Gasteiger partial charge in [-0.05, 0) is 30.7 Å². The molecule has 3 heterocycles. The zero-order valence-corrected chi connectivity index (χ0v) is 14.4. The molecular weight excluding hydrogens is 346 g/mol. The Bertz CT molecular complexity index is 1160. The average Bonchev–Trinajstić information content (AvgIpc) is 3.04. The summed E-state index contributed by atoms with van der Waals surface area (Å²) in [6.07, 6.45) is 5.07. The van der Waals surface area contributed by atoms with Crippen LogP contribution in [0.2, 0.25) is 0 Å². The Labute approximate surface area is 153 Å². The molecule has 4 aromatic rings. The molecule has 0 amide bonds. The van der Waals surface area contributed by atoms with Crippen molar-refractivity contribution in [3.63, 3.8) is 0 Å². The van der Waals surface area contributed by atoms with Crippen molar-refractivity contribution in [2.75, 3.05) is 5.73 Å². The lowest BCUT2D eigenvalue weighted by Gasteiger charge is -2.07. The topological polar surface area (TPSA) is 126 Å². The molecule has 3 aromatic heterocycles. The van der Waals surface area contributed by atoms with E-state index in [9.17, 15) is 10.1 Å². The van der Waals surface area contributed by atoms with Gasteiger partial charge >= 0.3 is 0 Å². The highest BCUT2D eigenvalue weighted by Gasteiger charge is 2.15. The van der Waals surface area contributed by atoms with Gasteiger partial charge in [-0.15, -0.1) is 0 Å². The Hall–Kier alpha value is -3.88. The van der Waals surface area contributed by atoms with E-state index in [4.69, 9.17) is 5.73 Å². The Morgan fingerprint density at radius 1 is 1.19 bits per heavy atom. The summed E-state index contributed by atoms with van der Waals surface area (Å²) in [7, 11) is 0. The summed E-state index contributed by atoms with van der Waals surface area (Å²) in [4.78, 5) is 23.3. The van der Waals surface area contributed by atoms with Gasteiger partial charge in [0.1, 0.15) is 0 Å². The molecule has 0 saturated heterocycles. The van der Waals surface area contributed by atoms with Gasteiger partial charge in [0.15, 0.2) is 5.65 Å². The van der Waals surface area contributed by atoms with Crippen molar-refractivity contribution >= 4 is 22.7 Å². The summed E-state index contributed by atoms with van der Waals surface area (Å²) in [5.41, 5.74) is 9.64. The van der Waals surface area contributed by atoms with Crippen LogP contribution in [0.1, 0.15) is 11.1 Å². The first-order valence-corrected chi connectivity index (χ1v) is 8.16. The molecule has 2 N–H and O–H groups in total. The maximum Gasteiger partial charge on any atom is 0.272 e. The molecule has 0 aliphatic heterocycles. The number of rotatable bonds is 4. The average molecular weight is 361 g/mol. The summed E-state index contributed by atoms with van der Waals surface area (Å²) in [6.45, 7) is 2.12. The highest BCUT2D eigenvalue weighted by Crippen LogP contribution is 2.27. The maximum absolute atomic E-state index is 11.0. The van der Waals surface area contributed by atoms with Crippen molar-refractivity contribution in [1.29, 1.82) is 0 Å². The van der Waals surface area contributed by atoms with Crippen LogP contribution in [0, 0.1) is 17.0 Å². The number of nitro groups is 1. The summed E-state index contributed by atoms with van der Waals surface area (Å²) in [5, 5.41) is 16.2. The van der Waals surface area contributed by atoms with Crippen molar-refractivity contribution in [2.45, 2.75) is 13.5 Å². The zero-order chi connectivity index (χ0) is 19.0. The SMILES string of the molecule is Cc1cc(Cn2ncc3c(-c4ccncc4)nc(N)nc32)ccc1[N+](=O)[O-]. The quantitative estimate of drug-likeness (QED) is 0.437. The monoisotopic (exact) mass is 361 g/mol. The minimum absolute atomic E-state index is 0.0932. The van der Waals surface area contributed by atoms with Crippen LogP contribution in [0.3, 0.4) is 0 Å². The highest BCUT2D eigenvalue weighted by atomic mass is 16.6. The van der Waals surface area contributed by atoms with E-state index in [0.29, 0.717) is 23.4 Å². The molecule has 0 spiro atoms. The van der Waals surface area contributed by atoms with Crippen LogP contribution in [0.5, 0.6) is 0 Å². The van der Waals surface area contributed by atoms with E-state index in [1.807, 2.05) is 12.1 Å². The van der Waals surface area contributed by atoms with Crippen molar-refractivity contribution in [3.05, 3.63) is 70.2 Å². The molecule has 9 nitrogen and oxygen atoms in total. The predicted molar refractivity (Wildman–Crippen MR) is 99.9 cm³/mol. The van der Waals surface area contributed by atoms with E-state index in [1.54, 1.807) is 42.3 Å². The minimum Gasteiger partial charge on any atom is -0.368 e. The van der Waals surface area contributed by atoms with E-state index >= 15 is 0 Å². The number of aromatic nitrogens is 5. The molecule has 0 bridgehead atoms. The highest BCUT2D eigenvalue weighted by molar-refractivity contribution is 5.90. The predicted octanol–water partition coefficient (Wildman–Crippen LogP) is 2.74. The fourth-order valence-corrected chi connectivity index (χ4v) is 3.01. The van der Waals surface area contributed by atoms with Crippen LogP contribution < -0.4 is 5.73 Å². The molecule has 27 heavy (non-hydrogen) atoms. The first-order chi connectivity index (χ1) is 13.0. The summed E-state index contributed by atoms with van der Waals surface area (Å²) < 4.78 is 1.71. The molecule has 9 heteroatoms. The Morgan fingerprint density at radius 3 is 2.67 bits per heavy atom. The molecule has 1 aromatic carbocycles. The van der Waals surface area contributed by atoms with E-state index in [2.05, 4.69) is 20.1 Å². The molecular formula is C18H15N7O2. The van der Waals surface area contributed by atoms with E-state index in [0.717, 1.165) is 16.5 Å². The molecule has 0 radical (unpaired) electrons. The number of aryl methyl sites for hydroxylation is 1. The van der Waals surface area contributed by atoms with E-state index in [1.165, 1.54) is 6.07 Å². The Morgan fingerprint density at radius 2 is 1.96 bits per heavy atom. The fraction of sp³-hybridized carbons (Fsp3) is 0.111. The van der Waals surface area contributed by atoms with E-state index < -0.39 is 4.92 Å². The third kappa shape index (κ3) is 3.06. The molecule has 0 aliphatic carbocycles. The first-order valence-electron chi connectivity index (χ1n) is 8.16. The third-order valence-corrected chi connectivity index (χ3v) is 4.26. The van der Waals surface area contributed by atoms with Crippen molar-refractivity contribution in [1.82, 2.24) is 24.7 Å². The normalized spacial score (nSPS) is 11.0. The molecule has 0 fully saturated rings. The van der Waals surface area contributed by atoms with Gasteiger partial charge in [-0.1, -0.05) is 6.07 Å². The molecule has 134 valence electrons. The molecule has 0 atom stereocenters.